The van der Waals surface area contributed by atoms with Crippen molar-refractivity contribution < 1.29 is 9.59 Å². The molecule has 1 atom stereocenters. The van der Waals surface area contributed by atoms with Gasteiger partial charge in [-0.25, -0.2) is 0 Å². The number of carbonyl (C=O) groups excluding carboxylic acids is 2. The third-order valence-corrected chi connectivity index (χ3v) is 7.95. The quantitative estimate of drug-likeness (QED) is 0.293. The van der Waals surface area contributed by atoms with Crippen LogP contribution < -0.4 is 5.32 Å². The van der Waals surface area contributed by atoms with Gasteiger partial charge in [0.15, 0.2) is 0 Å². The van der Waals surface area contributed by atoms with Crippen molar-refractivity contribution in [3.05, 3.63) is 106 Å². The zero-order valence-corrected chi connectivity index (χ0v) is 22.7. The standard InChI is InChI=1S/C31H34Cl2N2O2/c1-2-29(31(37)34-25-15-9-10-16-25)35(21-22-17-18-27(32)28(33)19-22)30(36)20-26(23-11-5-3-6-12-23)24-13-7-4-8-14-24/h3-8,11-14,17-19,25-26,29H,2,9-10,15-16,20-21H2,1H3,(H,34,37)/t29-/m0/s1. The number of rotatable bonds is 10. The Hall–Kier alpha value is -2.82. The number of hydrogen-bond acceptors (Lipinski definition) is 2. The molecule has 0 unspecified atom stereocenters. The Balaban J connectivity index is 1.64. The minimum atomic E-state index is -0.574. The molecule has 1 aliphatic rings. The van der Waals surface area contributed by atoms with E-state index in [9.17, 15) is 9.59 Å². The third kappa shape index (κ3) is 7.15. The van der Waals surface area contributed by atoms with Gasteiger partial charge in [-0.2, -0.15) is 0 Å². The van der Waals surface area contributed by atoms with Crippen molar-refractivity contribution in [1.29, 1.82) is 0 Å². The fourth-order valence-electron chi connectivity index (χ4n) is 5.21. The highest BCUT2D eigenvalue weighted by Gasteiger charge is 2.32. The van der Waals surface area contributed by atoms with E-state index in [4.69, 9.17) is 23.2 Å². The molecule has 0 bridgehead atoms. The summed E-state index contributed by atoms with van der Waals surface area (Å²) in [6.45, 7) is 2.24. The molecule has 0 spiro atoms. The molecule has 4 nitrogen and oxygen atoms in total. The van der Waals surface area contributed by atoms with Crippen molar-refractivity contribution in [2.75, 3.05) is 0 Å². The fourth-order valence-corrected chi connectivity index (χ4v) is 5.53. The number of amides is 2. The van der Waals surface area contributed by atoms with Crippen LogP contribution in [0.4, 0.5) is 0 Å². The van der Waals surface area contributed by atoms with E-state index < -0.39 is 6.04 Å². The first-order chi connectivity index (χ1) is 18.0. The predicted molar refractivity (Wildman–Crippen MR) is 151 cm³/mol. The highest BCUT2D eigenvalue weighted by atomic mass is 35.5. The van der Waals surface area contributed by atoms with Crippen LogP contribution in [0.15, 0.2) is 78.9 Å². The summed E-state index contributed by atoms with van der Waals surface area (Å²) in [5.74, 6) is -0.280. The first-order valence-electron chi connectivity index (χ1n) is 13.1. The van der Waals surface area contributed by atoms with Gasteiger partial charge >= 0.3 is 0 Å². The summed E-state index contributed by atoms with van der Waals surface area (Å²) in [6, 6.07) is 25.1. The second kappa shape index (κ2) is 13.1. The van der Waals surface area contributed by atoms with Crippen LogP contribution >= 0.6 is 23.2 Å². The maximum absolute atomic E-state index is 14.1. The molecular formula is C31H34Cl2N2O2. The van der Waals surface area contributed by atoms with Crippen LogP contribution in [0.3, 0.4) is 0 Å². The summed E-state index contributed by atoms with van der Waals surface area (Å²) in [4.78, 5) is 29.3. The third-order valence-electron chi connectivity index (χ3n) is 7.21. The van der Waals surface area contributed by atoms with E-state index in [-0.39, 0.29) is 36.7 Å². The van der Waals surface area contributed by atoms with E-state index in [1.807, 2.05) is 49.4 Å². The Bertz CT molecular complexity index is 1140. The average molecular weight is 538 g/mol. The number of carbonyl (C=O) groups is 2. The van der Waals surface area contributed by atoms with Gasteiger partial charge in [-0.3, -0.25) is 9.59 Å². The number of nitrogens with zero attached hydrogens (tertiary/aromatic N) is 1. The number of benzene rings is 3. The van der Waals surface area contributed by atoms with E-state index in [1.165, 1.54) is 0 Å². The van der Waals surface area contributed by atoms with Gasteiger partial charge in [0.05, 0.1) is 10.0 Å². The van der Waals surface area contributed by atoms with Crippen LogP contribution in [0.25, 0.3) is 0 Å². The van der Waals surface area contributed by atoms with E-state index >= 15 is 0 Å². The van der Waals surface area contributed by atoms with Crippen molar-refractivity contribution in [3.8, 4) is 0 Å². The van der Waals surface area contributed by atoms with Crippen molar-refractivity contribution in [1.82, 2.24) is 10.2 Å². The summed E-state index contributed by atoms with van der Waals surface area (Å²) in [5.41, 5.74) is 2.98. The lowest BCUT2D eigenvalue weighted by Crippen LogP contribution is -2.51. The van der Waals surface area contributed by atoms with E-state index in [0.29, 0.717) is 16.5 Å². The second-order valence-electron chi connectivity index (χ2n) is 9.76. The van der Waals surface area contributed by atoms with Gasteiger partial charge in [0, 0.05) is 24.9 Å². The molecule has 0 radical (unpaired) electrons. The fraction of sp³-hybridized carbons (Fsp3) is 0.355. The molecule has 4 rings (SSSR count). The van der Waals surface area contributed by atoms with Crippen molar-refractivity contribution in [3.63, 3.8) is 0 Å². The Kier molecular flexibility index (Phi) is 9.65. The first kappa shape index (κ1) is 27.2. The number of nitrogens with one attached hydrogen (secondary N) is 1. The van der Waals surface area contributed by atoms with E-state index in [1.54, 1.807) is 17.0 Å². The first-order valence-corrected chi connectivity index (χ1v) is 13.9. The average Bonchev–Trinajstić information content (AvgIpc) is 3.43. The molecule has 3 aromatic rings. The van der Waals surface area contributed by atoms with Gasteiger partial charge in [-0.1, -0.05) is 110 Å². The second-order valence-corrected chi connectivity index (χ2v) is 10.6. The summed E-state index contributed by atoms with van der Waals surface area (Å²) >= 11 is 12.4. The molecule has 0 saturated heterocycles. The molecular weight excluding hydrogens is 503 g/mol. The molecule has 2 amide bonds. The van der Waals surface area contributed by atoms with Crippen LogP contribution in [0, 0.1) is 0 Å². The van der Waals surface area contributed by atoms with Gasteiger partial charge in [-0.15, -0.1) is 0 Å². The molecule has 1 N–H and O–H groups in total. The van der Waals surface area contributed by atoms with Gasteiger partial charge < -0.3 is 10.2 Å². The highest BCUT2D eigenvalue weighted by molar-refractivity contribution is 6.42. The van der Waals surface area contributed by atoms with E-state index in [2.05, 4.69) is 29.6 Å². The Morgan fingerprint density at radius 1 is 0.892 bits per heavy atom. The number of hydrogen-bond donors (Lipinski definition) is 1. The van der Waals surface area contributed by atoms with Crippen molar-refractivity contribution in [2.24, 2.45) is 0 Å². The van der Waals surface area contributed by atoms with Crippen molar-refractivity contribution in [2.45, 2.75) is 70.0 Å². The summed E-state index contributed by atoms with van der Waals surface area (Å²) in [7, 11) is 0. The molecule has 194 valence electrons. The Morgan fingerprint density at radius 2 is 1.49 bits per heavy atom. The smallest absolute Gasteiger partial charge is 0.243 e. The molecule has 0 heterocycles. The molecule has 6 heteroatoms. The summed E-state index contributed by atoms with van der Waals surface area (Å²) in [5, 5.41) is 4.10. The largest absolute Gasteiger partial charge is 0.352 e. The van der Waals surface area contributed by atoms with Crippen molar-refractivity contribution >= 4 is 35.0 Å². The van der Waals surface area contributed by atoms with Gasteiger partial charge in [0.25, 0.3) is 0 Å². The highest BCUT2D eigenvalue weighted by Crippen LogP contribution is 2.30. The van der Waals surface area contributed by atoms with Crippen LogP contribution in [0.2, 0.25) is 10.0 Å². The van der Waals surface area contributed by atoms with Crippen LogP contribution in [0.1, 0.15) is 68.1 Å². The monoisotopic (exact) mass is 536 g/mol. The van der Waals surface area contributed by atoms with Crippen LogP contribution in [-0.4, -0.2) is 28.8 Å². The Morgan fingerprint density at radius 3 is 2.03 bits per heavy atom. The summed E-state index contributed by atoms with van der Waals surface area (Å²) < 4.78 is 0. The van der Waals surface area contributed by atoms with Gasteiger partial charge in [0.1, 0.15) is 6.04 Å². The molecule has 1 saturated carbocycles. The molecule has 37 heavy (non-hydrogen) atoms. The zero-order chi connectivity index (χ0) is 26.2. The predicted octanol–water partition coefficient (Wildman–Crippen LogP) is 7.38. The van der Waals surface area contributed by atoms with Gasteiger partial charge in [0.2, 0.25) is 11.8 Å². The lowest BCUT2D eigenvalue weighted by molar-refractivity contribution is -0.141. The molecule has 1 fully saturated rings. The zero-order valence-electron chi connectivity index (χ0n) is 21.2. The molecule has 1 aliphatic carbocycles. The number of halogens is 2. The maximum Gasteiger partial charge on any atom is 0.243 e. The van der Waals surface area contributed by atoms with Gasteiger partial charge in [-0.05, 0) is 48.1 Å². The van der Waals surface area contributed by atoms with Crippen LogP contribution in [0.5, 0.6) is 0 Å². The maximum atomic E-state index is 14.1. The topological polar surface area (TPSA) is 49.4 Å². The van der Waals surface area contributed by atoms with Crippen LogP contribution in [-0.2, 0) is 16.1 Å². The Labute approximate surface area is 230 Å². The molecule has 3 aromatic carbocycles. The normalized spacial score (nSPS) is 14.5. The minimum absolute atomic E-state index is 0.0720. The summed E-state index contributed by atoms with van der Waals surface area (Å²) in [6.07, 6.45) is 5.02. The van der Waals surface area contributed by atoms with E-state index in [0.717, 1.165) is 42.4 Å². The lowest BCUT2D eigenvalue weighted by Gasteiger charge is -2.33. The minimum Gasteiger partial charge on any atom is -0.352 e. The lowest BCUT2D eigenvalue weighted by atomic mass is 9.88. The SMILES string of the molecule is CC[C@@H](C(=O)NC1CCCC1)N(Cc1ccc(Cl)c(Cl)c1)C(=O)CC(c1ccccc1)c1ccccc1. The molecule has 0 aliphatic heterocycles. The molecule has 0 aromatic heterocycles.